The van der Waals surface area contributed by atoms with Crippen molar-refractivity contribution in [1.29, 1.82) is 0 Å². The molecular formula is C16H14FN3O. The summed E-state index contributed by atoms with van der Waals surface area (Å²) in [5, 5.41) is 0. The molecule has 0 spiro atoms. The fourth-order valence-corrected chi connectivity index (χ4v) is 2.48. The van der Waals surface area contributed by atoms with Gasteiger partial charge in [0.15, 0.2) is 0 Å². The number of hydrogen-bond acceptors (Lipinski definition) is 2. The van der Waals surface area contributed by atoms with Gasteiger partial charge in [0.05, 0.1) is 11.1 Å². The molecule has 0 aliphatic heterocycles. The Labute approximate surface area is 121 Å². The highest BCUT2D eigenvalue weighted by Gasteiger charge is 2.15. The maximum atomic E-state index is 13.0. The van der Waals surface area contributed by atoms with E-state index in [1.165, 1.54) is 12.1 Å². The van der Waals surface area contributed by atoms with Crippen molar-refractivity contribution in [2.24, 2.45) is 5.73 Å². The van der Waals surface area contributed by atoms with Gasteiger partial charge in [-0.3, -0.25) is 9.78 Å². The monoisotopic (exact) mass is 283 g/mol. The lowest BCUT2D eigenvalue weighted by Gasteiger charge is -2.07. The van der Waals surface area contributed by atoms with Gasteiger partial charge in [0.1, 0.15) is 11.3 Å². The first kappa shape index (κ1) is 13.3. The van der Waals surface area contributed by atoms with Gasteiger partial charge in [-0.05, 0) is 36.2 Å². The van der Waals surface area contributed by atoms with Crippen LogP contribution in [0.1, 0.15) is 21.5 Å². The van der Waals surface area contributed by atoms with Crippen LogP contribution in [0.15, 0.2) is 42.7 Å². The molecule has 0 atom stereocenters. The van der Waals surface area contributed by atoms with Crippen LogP contribution in [0.5, 0.6) is 0 Å². The summed E-state index contributed by atoms with van der Waals surface area (Å²) < 4.78 is 14.9. The first-order chi connectivity index (χ1) is 10.1. The first-order valence-electron chi connectivity index (χ1n) is 6.55. The average Bonchev–Trinajstić information content (AvgIpc) is 2.82. The molecule has 2 aromatic heterocycles. The van der Waals surface area contributed by atoms with Crippen molar-refractivity contribution in [2.75, 3.05) is 0 Å². The SMILES string of the molecule is Cc1ccnc2c(C(N)=O)cn(Cc3ccc(F)cc3)c12. The lowest BCUT2D eigenvalue weighted by Crippen LogP contribution is -2.10. The Morgan fingerprint density at radius 1 is 1.29 bits per heavy atom. The molecule has 0 aliphatic rings. The predicted octanol–water partition coefficient (Wildman–Crippen LogP) is 2.63. The van der Waals surface area contributed by atoms with E-state index < -0.39 is 5.91 Å². The third-order valence-corrected chi connectivity index (χ3v) is 3.48. The topological polar surface area (TPSA) is 60.9 Å². The Morgan fingerprint density at radius 2 is 2.00 bits per heavy atom. The molecule has 0 saturated heterocycles. The maximum absolute atomic E-state index is 13.0. The maximum Gasteiger partial charge on any atom is 0.252 e. The van der Waals surface area contributed by atoms with Crippen LogP contribution < -0.4 is 5.73 Å². The molecule has 0 bridgehead atoms. The zero-order chi connectivity index (χ0) is 15.0. The molecule has 3 aromatic rings. The minimum atomic E-state index is -0.504. The van der Waals surface area contributed by atoms with Crippen LogP contribution in [-0.2, 0) is 6.54 Å². The molecule has 2 N–H and O–H groups in total. The van der Waals surface area contributed by atoms with E-state index in [4.69, 9.17) is 5.73 Å². The highest BCUT2D eigenvalue weighted by atomic mass is 19.1. The van der Waals surface area contributed by atoms with Crippen molar-refractivity contribution < 1.29 is 9.18 Å². The van der Waals surface area contributed by atoms with Crippen molar-refractivity contribution in [3.05, 3.63) is 65.2 Å². The third-order valence-electron chi connectivity index (χ3n) is 3.48. The number of nitrogens with two attached hydrogens (primary N) is 1. The van der Waals surface area contributed by atoms with E-state index in [9.17, 15) is 9.18 Å². The summed E-state index contributed by atoms with van der Waals surface area (Å²) in [5.74, 6) is -0.775. The van der Waals surface area contributed by atoms with Crippen molar-refractivity contribution in [2.45, 2.75) is 13.5 Å². The highest BCUT2D eigenvalue weighted by molar-refractivity contribution is 6.05. The van der Waals surface area contributed by atoms with Crippen LogP contribution in [0.4, 0.5) is 4.39 Å². The van der Waals surface area contributed by atoms with Gasteiger partial charge in [0, 0.05) is 18.9 Å². The molecule has 1 aromatic carbocycles. The molecule has 0 unspecified atom stereocenters. The number of hydrogen-bond donors (Lipinski definition) is 1. The summed E-state index contributed by atoms with van der Waals surface area (Å²) in [6.07, 6.45) is 3.36. The molecule has 106 valence electrons. The van der Waals surface area contributed by atoms with Crippen LogP contribution in [0.3, 0.4) is 0 Å². The number of amides is 1. The van der Waals surface area contributed by atoms with Crippen LogP contribution >= 0.6 is 0 Å². The van der Waals surface area contributed by atoms with Crippen molar-refractivity contribution >= 4 is 16.9 Å². The summed E-state index contributed by atoms with van der Waals surface area (Å²) >= 11 is 0. The zero-order valence-corrected chi connectivity index (χ0v) is 11.5. The number of aryl methyl sites for hydroxylation is 1. The number of carbonyl (C=O) groups is 1. The second-order valence-corrected chi connectivity index (χ2v) is 4.99. The van der Waals surface area contributed by atoms with Crippen LogP contribution in [0, 0.1) is 12.7 Å². The van der Waals surface area contributed by atoms with E-state index in [-0.39, 0.29) is 5.82 Å². The normalized spacial score (nSPS) is 11.0. The van der Waals surface area contributed by atoms with Gasteiger partial charge in [-0.2, -0.15) is 0 Å². The van der Waals surface area contributed by atoms with E-state index in [0.29, 0.717) is 17.6 Å². The lowest BCUT2D eigenvalue weighted by atomic mass is 10.2. The predicted molar refractivity (Wildman–Crippen MR) is 78.5 cm³/mol. The summed E-state index contributed by atoms with van der Waals surface area (Å²) in [5.41, 5.74) is 9.23. The Hall–Kier alpha value is -2.69. The number of rotatable bonds is 3. The number of nitrogens with zero attached hydrogens (tertiary/aromatic N) is 2. The van der Waals surface area contributed by atoms with Crippen molar-refractivity contribution in [3.8, 4) is 0 Å². The van der Waals surface area contributed by atoms with E-state index >= 15 is 0 Å². The second kappa shape index (κ2) is 5.01. The molecule has 0 aliphatic carbocycles. The fourth-order valence-electron chi connectivity index (χ4n) is 2.48. The Morgan fingerprint density at radius 3 is 2.67 bits per heavy atom. The number of aromatic nitrogens is 2. The summed E-state index contributed by atoms with van der Waals surface area (Å²) in [4.78, 5) is 15.8. The third kappa shape index (κ3) is 2.38. The molecule has 5 heteroatoms. The van der Waals surface area contributed by atoms with Gasteiger partial charge in [-0.15, -0.1) is 0 Å². The van der Waals surface area contributed by atoms with Crippen molar-refractivity contribution in [3.63, 3.8) is 0 Å². The van der Waals surface area contributed by atoms with Gasteiger partial charge in [-0.1, -0.05) is 12.1 Å². The average molecular weight is 283 g/mol. The minimum Gasteiger partial charge on any atom is -0.365 e. The molecule has 0 saturated carbocycles. The molecule has 3 rings (SSSR count). The summed E-state index contributed by atoms with van der Waals surface area (Å²) in [6.45, 7) is 2.48. The van der Waals surface area contributed by atoms with E-state index in [1.54, 1.807) is 24.5 Å². The number of fused-ring (bicyclic) bond motifs is 1. The van der Waals surface area contributed by atoms with E-state index in [2.05, 4.69) is 4.98 Å². The number of halogens is 1. The number of primary amides is 1. The van der Waals surface area contributed by atoms with E-state index in [1.807, 2.05) is 17.6 Å². The zero-order valence-electron chi connectivity index (χ0n) is 11.5. The Bertz CT molecular complexity index is 821. The molecular weight excluding hydrogens is 269 g/mol. The van der Waals surface area contributed by atoms with Gasteiger partial charge < -0.3 is 10.3 Å². The standard InChI is InChI=1S/C16H14FN3O/c1-10-6-7-19-14-13(16(18)21)9-20(15(10)14)8-11-2-4-12(17)5-3-11/h2-7,9H,8H2,1H3,(H2,18,21). The Balaban J connectivity index is 2.13. The highest BCUT2D eigenvalue weighted by Crippen LogP contribution is 2.23. The first-order valence-corrected chi connectivity index (χ1v) is 6.55. The second-order valence-electron chi connectivity index (χ2n) is 4.99. The smallest absolute Gasteiger partial charge is 0.252 e. The van der Waals surface area contributed by atoms with Gasteiger partial charge in [0.25, 0.3) is 5.91 Å². The van der Waals surface area contributed by atoms with Gasteiger partial charge in [-0.25, -0.2) is 4.39 Å². The lowest BCUT2D eigenvalue weighted by molar-refractivity contribution is 0.100. The fraction of sp³-hybridized carbons (Fsp3) is 0.125. The molecule has 0 fully saturated rings. The van der Waals surface area contributed by atoms with Crippen LogP contribution in [-0.4, -0.2) is 15.5 Å². The number of carbonyl (C=O) groups excluding carboxylic acids is 1. The van der Waals surface area contributed by atoms with Crippen molar-refractivity contribution in [1.82, 2.24) is 9.55 Å². The summed E-state index contributed by atoms with van der Waals surface area (Å²) in [6, 6.07) is 8.16. The Kier molecular flexibility index (Phi) is 3.17. The number of pyridine rings is 1. The quantitative estimate of drug-likeness (QED) is 0.803. The molecule has 21 heavy (non-hydrogen) atoms. The molecule has 2 heterocycles. The largest absolute Gasteiger partial charge is 0.365 e. The summed E-state index contributed by atoms with van der Waals surface area (Å²) in [7, 11) is 0. The molecule has 4 nitrogen and oxygen atoms in total. The molecule has 1 amide bonds. The van der Waals surface area contributed by atoms with Gasteiger partial charge >= 0.3 is 0 Å². The van der Waals surface area contributed by atoms with Crippen LogP contribution in [0.2, 0.25) is 0 Å². The minimum absolute atomic E-state index is 0.271. The molecule has 0 radical (unpaired) electrons. The number of benzene rings is 1. The van der Waals surface area contributed by atoms with E-state index in [0.717, 1.165) is 16.6 Å². The van der Waals surface area contributed by atoms with Crippen LogP contribution in [0.25, 0.3) is 11.0 Å². The van der Waals surface area contributed by atoms with Gasteiger partial charge in [0.2, 0.25) is 0 Å².